The fraction of sp³-hybridized carbons (Fsp3) is 0.150. The highest BCUT2D eigenvalue weighted by molar-refractivity contribution is 6.27. The Bertz CT molecular complexity index is 836. The molecule has 3 aromatic rings. The van der Waals surface area contributed by atoms with Crippen LogP contribution in [0, 0.1) is 0 Å². The van der Waals surface area contributed by atoms with Crippen LogP contribution >= 0.6 is 0 Å². The van der Waals surface area contributed by atoms with E-state index in [1.54, 1.807) is 6.20 Å². The Kier molecular flexibility index (Phi) is 7.59. The maximum Gasteiger partial charge on any atom is 0.414 e. The molecule has 7 heteroatoms. The Balaban J connectivity index is 0.000000380. The molecule has 0 aliphatic heterocycles. The summed E-state index contributed by atoms with van der Waals surface area (Å²) in [6.45, 7) is 1.62. The third-order valence-corrected chi connectivity index (χ3v) is 3.53. The molecule has 0 fully saturated rings. The van der Waals surface area contributed by atoms with Gasteiger partial charge in [0.25, 0.3) is 0 Å². The number of ether oxygens (including phenoxy) is 1. The summed E-state index contributed by atoms with van der Waals surface area (Å²) in [5.41, 5.74) is 2.32. The molecule has 7 nitrogen and oxygen atoms in total. The van der Waals surface area contributed by atoms with Gasteiger partial charge in [0, 0.05) is 24.5 Å². The van der Waals surface area contributed by atoms with Gasteiger partial charge in [-0.1, -0.05) is 48.5 Å². The van der Waals surface area contributed by atoms with E-state index in [1.165, 1.54) is 5.56 Å². The minimum atomic E-state index is -1.82. The maximum absolute atomic E-state index is 9.10. The lowest BCUT2D eigenvalue weighted by atomic mass is 10.1. The highest BCUT2D eigenvalue weighted by Crippen LogP contribution is 2.29. The standard InChI is InChI=1S/C18H18N2O.C2H2O4/c1-2-7-16(8-3-1)17-9-4-5-10-18(17)21-14-6-12-20-13-11-19-15-20;3-1(4)2(5)6/h1-5,7-11,13,15H,6,12,14H2;(H,3,4)(H,5,6). The van der Waals surface area contributed by atoms with E-state index < -0.39 is 11.9 Å². The number of aryl methyl sites for hydroxylation is 1. The number of rotatable bonds is 6. The molecule has 0 aliphatic rings. The fourth-order valence-electron chi connectivity index (χ4n) is 2.30. The number of nitrogens with zero attached hydrogens (tertiary/aromatic N) is 2. The molecule has 0 radical (unpaired) electrons. The largest absolute Gasteiger partial charge is 0.493 e. The first kappa shape index (κ1) is 19.7. The van der Waals surface area contributed by atoms with Gasteiger partial charge in [0.2, 0.25) is 0 Å². The first-order valence-electron chi connectivity index (χ1n) is 8.27. The van der Waals surface area contributed by atoms with Gasteiger partial charge >= 0.3 is 11.9 Å². The summed E-state index contributed by atoms with van der Waals surface area (Å²) in [5.74, 6) is -2.71. The molecule has 0 spiro atoms. The number of carbonyl (C=O) groups is 2. The van der Waals surface area contributed by atoms with Crippen molar-refractivity contribution in [3.63, 3.8) is 0 Å². The normalized spacial score (nSPS) is 9.78. The van der Waals surface area contributed by atoms with Gasteiger partial charge in [-0.15, -0.1) is 0 Å². The number of aliphatic carboxylic acids is 2. The maximum atomic E-state index is 9.10. The predicted molar refractivity (Wildman–Crippen MR) is 99.5 cm³/mol. The quantitative estimate of drug-likeness (QED) is 0.512. The first-order chi connectivity index (χ1) is 13.1. The first-order valence-corrected chi connectivity index (χ1v) is 8.27. The lowest BCUT2D eigenvalue weighted by molar-refractivity contribution is -0.159. The molecule has 1 heterocycles. The zero-order valence-electron chi connectivity index (χ0n) is 14.6. The highest BCUT2D eigenvalue weighted by atomic mass is 16.5. The number of aromatic nitrogens is 2. The number of carboxylic acid groups (broad SMARTS) is 2. The molecule has 1 aromatic heterocycles. The summed E-state index contributed by atoms with van der Waals surface area (Å²) >= 11 is 0. The van der Waals surface area contributed by atoms with E-state index in [1.807, 2.05) is 48.9 Å². The molecular weight excluding hydrogens is 348 g/mol. The van der Waals surface area contributed by atoms with Crippen molar-refractivity contribution in [1.29, 1.82) is 0 Å². The fourth-order valence-corrected chi connectivity index (χ4v) is 2.30. The molecule has 0 unspecified atom stereocenters. The van der Waals surface area contributed by atoms with E-state index in [9.17, 15) is 0 Å². The predicted octanol–water partition coefficient (Wildman–Crippen LogP) is 3.17. The van der Waals surface area contributed by atoms with Gasteiger partial charge in [0.05, 0.1) is 12.9 Å². The topological polar surface area (TPSA) is 102 Å². The zero-order chi connectivity index (χ0) is 19.5. The van der Waals surface area contributed by atoms with E-state index in [-0.39, 0.29) is 0 Å². The molecular formula is C20H20N2O5. The Hall–Kier alpha value is -3.61. The average Bonchev–Trinajstić information content (AvgIpc) is 3.20. The summed E-state index contributed by atoms with van der Waals surface area (Å²) in [7, 11) is 0. The minimum Gasteiger partial charge on any atom is -0.493 e. The summed E-state index contributed by atoms with van der Waals surface area (Å²) < 4.78 is 8.02. The number of imidazole rings is 1. The minimum absolute atomic E-state index is 0.696. The molecule has 3 rings (SSSR count). The van der Waals surface area contributed by atoms with E-state index >= 15 is 0 Å². The van der Waals surface area contributed by atoms with E-state index in [4.69, 9.17) is 24.5 Å². The molecule has 0 saturated carbocycles. The number of para-hydroxylation sites is 1. The monoisotopic (exact) mass is 368 g/mol. The molecule has 0 aliphatic carbocycles. The van der Waals surface area contributed by atoms with Crippen molar-refractivity contribution in [2.75, 3.05) is 6.61 Å². The molecule has 2 N–H and O–H groups in total. The Morgan fingerprint density at radius 3 is 2.26 bits per heavy atom. The van der Waals surface area contributed by atoms with Gasteiger partial charge in [0.15, 0.2) is 0 Å². The Morgan fingerprint density at radius 1 is 0.963 bits per heavy atom. The number of benzene rings is 2. The number of hydrogen-bond donors (Lipinski definition) is 2. The molecule has 0 atom stereocenters. The van der Waals surface area contributed by atoms with Crippen LogP contribution in [0.1, 0.15) is 6.42 Å². The van der Waals surface area contributed by atoms with Crippen LogP contribution in [0.2, 0.25) is 0 Å². The second kappa shape index (κ2) is 10.4. The molecule has 140 valence electrons. The second-order valence-electron chi connectivity index (χ2n) is 5.48. The van der Waals surface area contributed by atoms with Crippen molar-refractivity contribution in [2.24, 2.45) is 0 Å². The van der Waals surface area contributed by atoms with Crippen LogP contribution in [-0.2, 0) is 16.1 Å². The van der Waals surface area contributed by atoms with Crippen molar-refractivity contribution in [2.45, 2.75) is 13.0 Å². The number of hydrogen-bond acceptors (Lipinski definition) is 4. The lowest BCUT2D eigenvalue weighted by Gasteiger charge is -2.11. The van der Waals surface area contributed by atoms with Gasteiger partial charge < -0.3 is 19.5 Å². The van der Waals surface area contributed by atoms with E-state index in [2.05, 4.69) is 27.8 Å². The van der Waals surface area contributed by atoms with E-state index in [0.29, 0.717) is 6.61 Å². The third kappa shape index (κ3) is 6.66. The van der Waals surface area contributed by atoms with Crippen LogP contribution in [0.25, 0.3) is 11.1 Å². The molecule has 0 saturated heterocycles. The van der Waals surface area contributed by atoms with Gasteiger partial charge in [0.1, 0.15) is 5.75 Å². The smallest absolute Gasteiger partial charge is 0.414 e. The molecule has 0 bridgehead atoms. The highest BCUT2D eigenvalue weighted by Gasteiger charge is 2.05. The van der Waals surface area contributed by atoms with Crippen LogP contribution in [0.4, 0.5) is 0 Å². The summed E-state index contributed by atoms with van der Waals surface area (Å²) in [4.78, 5) is 22.2. The Labute approximate surface area is 156 Å². The van der Waals surface area contributed by atoms with Crippen molar-refractivity contribution in [1.82, 2.24) is 9.55 Å². The summed E-state index contributed by atoms with van der Waals surface area (Å²) in [6.07, 6.45) is 6.56. The summed E-state index contributed by atoms with van der Waals surface area (Å²) in [5, 5.41) is 14.8. The SMILES string of the molecule is O=C(O)C(=O)O.c1ccc(-c2ccccc2OCCCn2ccnc2)cc1. The average molecular weight is 368 g/mol. The van der Waals surface area contributed by atoms with Crippen molar-refractivity contribution in [3.8, 4) is 16.9 Å². The Morgan fingerprint density at radius 2 is 1.63 bits per heavy atom. The van der Waals surface area contributed by atoms with Crippen molar-refractivity contribution >= 4 is 11.9 Å². The van der Waals surface area contributed by atoms with Crippen LogP contribution in [0.5, 0.6) is 5.75 Å². The third-order valence-electron chi connectivity index (χ3n) is 3.53. The van der Waals surface area contributed by atoms with Gasteiger partial charge in [-0.2, -0.15) is 0 Å². The van der Waals surface area contributed by atoms with Crippen LogP contribution in [0.15, 0.2) is 73.3 Å². The van der Waals surface area contributed by atoms with Gasteiger partial charge in [-0.3, -0.25) is 0 Å². The van der Waals surface area contributed by atoms with Crippen LogP contribution in [0.3, 0.4) is 0 Å². The second-order valence-corrected chi connectivity index (χ2v) is 5.48. The number of carboxylic acids is 2. The van der Waals surface area contributed by atoms with E-state index in [0.717, 1.165) is 24.3 Å². The molecule has 2 aromatic carbocycles. The van der Waals surface area contributed by atoms with Gasteiger partial charge in [-0.25, -0.2) is 14.6 Å². The van der Waals surface area contributed by atoms with Crippen LogP contribution < -0.4 is 4.74 Å². The molecule has 0 amide bonds. The zero-order valence-corrected chi connectivity index (χ0v) is 14.6. The van der Waals surface area contributed by atoms with Crippen molar-refractivity contribution in [3.05, 3.63) is 73.3 Å². The summed E-state index contributed by atoms with van der Waals surface area (Å²) in [6, 6.07) is 18.5. The lowest BCUT2D eigenvalue weighted by Crippen LogP contribution is -2.09. The molecule has 27 heavy (non-hydrogen) atoms. The van der Waals surface area contributed by atoms with Gasteiger partial charge in [-0.05, 0) is 18.1 Å². The van der Waals surface area contributed by atoms with Crippen molar-refractivity contribution < 1.29 is 24.5 Å². The van der Waals surface area contributed by atoms with Crippen LogP contribution in [-0.4, -0.2) is 38.3 Å².